The zero-order valence-electron chi connectivity index (χ0n) is 13.2. The lowest BCUT2D eigenvalue weighted by Gasteiger charge is -2.14. The number of rotatable bonds is 10. The van der Waals surface area contributed by atoms with E-state index in [4.69, 9.17) is 4.74 Å². The quantitative estimate of drug-likeness (QED) is 0.438. The molecule has 0 aliphatic rings. The van der Waals surface area contributed by atoms with E-state index in [0.717, 1.165) is 24.8 Å². The van der Waals surface area contributed by atoms with Gasteiger partial charge in [-0.1, -0.05) is 57.7 Å². The molecule has 0 bridgehead atoms. The Morgan fingerprint density at radius 2 is 1.95 bits per heavy atom. The van der Waals surface area contributed by atoms with Crippen LogP contribution in [0.25, 0.3) is 0 Å². The summed E-state index contributed by atoms with van der Waals surface area (Å²) in [5, 5.41) is 0. The van der Waals surface area contributed by atoms with Crippen LogP contribution < -0.4 is 0 Å². The molecule has 0 saturated carbocycles. The van der Waals surface area contributed by atoms with Gasteiger partial charge in [0.2, 0.25) is 0 Å². The first kappa shape index (κ1) is 17.7. The zero-order chi connectivity index (χ0) is 15.5. The molecule has 2 nitrogen and oxygen atoms in total. The lowest BCUT2D eigenvalue weighted by molar-refractivity contribution is -0.150. The molecule has 0 N–H and O–H groups in total. The predicted octanol–water partition coefficient (Wildman–Crippen LogP) is 5.20. The Kier molecular flexibility index (Phi) is 8.72. The maximum absolute atomic E-state index is 12.6. The summed E-state index contributed by atoms with van der Waals surface area (Å²) in [6.07, 6.45) is 6.40. The minimum absolute atomic E-state index is 0.00814. The summed E-state index contributed by atoms with van der Waals surface area (Å²) in [5.74, 6) is -0.133. The highest BCUT2D eigenvalue weighted by Crippen LogP contribution is 2.17. The minimum atomic E-state index is -0.489. The summed E-state index contributed by atoms with van der Waals surface area (Å²) < 4.78 is 18.0. The number of carbonyl (C=O) groups excluding carboxylic acids is 1. The molecule has 0 heterocycles. The second-order valence-electron chi connectivity index (χ2n) is 5.52. The number of ether oxygens (including phenoxy) is 1. The third-order valence-electron chi connectivity index (χ3n) is 3.76. The summed E-state index contributed by atoms with van der Waals surface area (Å²) in [7, 11) is 0. The van der Waals surface area contributed by atoms with Gasteiger partial charge in [-0.05, 0) is 30.0 Å². The number of esters is 1. The number of benzene rings is 1. The Hall–Kier alpha value is -1.38. The molecule has 0 radical (unpaired) electrons. The van der Waals surface area contributed by atoms with Gasteiger partial charge in [-0.15, -0.1) is 0 Å². The average molecular weight is 294 g/mol. The Morgan fingerprint density at radius 3 is 2.62 bits per heavy atom. The van der Waals surface area contributed by atoms with Crippen molar-refractivity contribution in [3.63, 3.8) is 0 Å². The molecular formula is C18H27FO2. The second kappa shape index (κ2) is 10.4. The van der Waals surface area contributed by atoms with Gasteiger partial charge in [-0.2, -0.15) is 0 Å². The van der Waals surface area contributed by atoms with Crippen molar-refractivity contribution in [2.75, 3.05) is 0 Å². The van der Waals surface area contributed by atoms with Crippen LogP contribution in [0.2, 0.25) is 0 Å². The van der Waals surface area contributed by atoms with Crippen molar-refractivity contribution >= 4 is 5.97 Å². The van der Waals surface area contributed by atoms with Crippen LogP contribution in [0.4, 0.5) is 4.39 Å². The molecule has 1 unspecified atom stereocenters. The summed E-state index contributed by atoms with van der Waals surface area (Å²) in [6.45, 7) is 3.95. The molecule has 3 heteroatoms. The molecule has 0 aromatic heterocycles. The van der Waals surface area contributed by atoms with Crippen molar-refractivity contribution in [1.82, 2.24) is 0 Å². The Bertz CT molecular complexity index is 417. The number of alkyl halides is 1. The van der Waals surface area contributed by atoms with Crippen LogP contribution in [0.15, 0.2) is 24.3 Å². The van der Waals surface area contributed by atoms with Gasteiger partial charge in [-0.3, -0.25) is 4.79 Å². The summed E-state index contributed by atoms with van der Waals surface area (Å²) in [4.78, 5) is 12.1. The molecule has 0 spiro atoms. The van der Waals surface area contributed by atoms with Gasteiger partial charge in [0, 0.05) is 0 Å². The molecule has 118 valence electrons. The molecule has 0 fully saturated rings. The second-order valence-corrected chi connectivity index (χ2v) is 5.52. The van der Waals surface area contributed by atoms with Gasteiger partial charge in [0.25, 0.3) is 0 Å². The monoisotopic (exact) mass is 294 g/mol. The smallest absolute Gasteiger partial charge is 0.309 e. The fraction of sp³-hybridized carbons (Fsp3) is 0.611. The maximum Gasteiger partial charge on any atom is 0.309 e. The SMILES string of the molecule is CCCCCCC(CC)C(=O)OCc1cccc(CF)c1. The number of carbonyl (C=O) groups is 1. The third-order valence-corrected chi connectivity index (χ3v) is 3.76. The molecule has 1 aromatic carbocycles. The van der Waals surface area contributed by atoms with E-state index in [2.05, 4.69) is 6.92 Å². The van der Waals surface area contributed by atoms with E-state index in [9.17, 15) is 9.18 Å². The van der Waals surface area contributed by atoms with Crippen LogP contribution in [0, 0.1) is 5.92 Å². The first-order valence-electron chi connectivity index (χ1n) is 8.01. The van der Waals surface area contributed by atoms with Crippen molar-refractivity contribution in [1.29, 1.82) is 0 Å². The maximum atomic E-state index is 12.6. The van der Waals surface area contributed by atoms with Gasteiger partial charge in [-0.25, -0.2) is 4.39 Å². The molecular weight excluding hydrogens is 267 g/mol. The van der Waals surface area contributed by atoms with Crippen molar-refractivity contribution in [3.8, 4) is 0 Å². The molecule has 0 aliphatic heterocycles. The van der Waals surface area contributed by atoms with Crippen molar-refractivity contribution in [2.45, 2.75) is 65.7 Å². The average Bonchev–Trinajstić information content (AvgIpc) is 2.53. The number of hydrogen-bond donors (Lipinski definition) is 0. The van der Waals surface area contributed by atoms with Crippen LogP contribution in [0.1, 0.15) is 63.5 Å². The van der Waals surface area contributed by atoms with Gasteiger partial charge >= 0.3 is 5.97 Å². The third kappa shape index (κ3) is 6.74. The van der Waals surface area contributed by atoms with E-state index in [1.54, 1.807) is 18.2 Å². The van der Waals surface area contributed by atoms with Crippen molar-refractivity contribution in [3.05, 3.63) is 35.4 Å². The van der Waals surface area contributed by atoms with Crippen molar-refractivity contribution < 1.29 is 13.9 Å². The fourth-order valence-electron chi connectivity index (χ4n) is 2.38. The van der Waals surface area contributed by atoms with E-state index in [1.165, 1.54) is 19.3 Å². The van der Waals surface area contributed by atoms with Crippen molar-refractivity contribution in [2.24, 2.45) is 5.92 Å². The lowest BCUT2D eigenvalue weighted by Crippen LogP contribution is -2.17. The minimum Gasteiger partial charge on any atom is -0.461 e. The Morgan fingerprint density at radius 1 is 1.19 bits per heavy atom. The summed E-state index contributed by atoms with van der Waals surface area (Å²) in [5.41, 5.74) is 1.47. The van der Waals surface area contributed by atoms with E-state index in [0.29, 0.717) is 5.56 Å². The fourth-order valence-corrected chi connectivity index (χ4v) is 2.38. The topological polar surface area (TPSA) is 26.3 Å². The standard InChI is InChI=1S/C18H27FO2/c1-3-5-6-7-11-17(4-2)18(20)21-14-16-10-8-9-15(12-16)13-19/h8-10,12,17H,3-7,11,13-14H2,1-2H3. The van der Waals surface area contributed by atoms with E-state index < -0.39 is 6.67 Å². The largest absolute Gasteiger partial charge is 0.461 e. The van der Waals surface area contributed by atoms with Crippen LogP contribution >= 0.6 is 0 Å². The zero-order valence-corrected chi connectivity index (χ0v) is 13.2. The van der Waals surface area contributed by atoms with E-state index in [1.807, 2.05) is 13.0 Å². The molecule has 0 aliphatic carbocycles. The summed E-state index contributed by atoms with van der Waals surface area (Å²) in [6, 6.07) is 7.12. The Labute approximate surface area is 127 Å². The van der Waals surface area contributed by atoms with Crippen LogP contribution in [-0.4, -0.2) is 5.97 Å². The number of unbranched alkanes of at least 4 members (excludes halogenated alkanes) is 3. The molecule has 0 amide bonds. The lowest BCUT2D eigenvalue weighted by atomic mass is 9.98. The van der Waals surface area contributed by atoms with Crippen LogP contribution in [0.3, 0.4) is 0 Å². The Balaban J connectivity index is 2.39. The molecule has 1 atom stereocenters. The predicted molar refractivity (Wildman–Crippen MR) is 83.6 cm³/mol. The van der Waals surface area contributed by atoms with Gasteiger partial charge in [0.1, 0.15) is 13.3 Å². The highest BCUT2D eigenvalue weighted by molar-refractivity contribution is 5.72. The molecule has 1 rings (SSSR count). The van der Waals surface area contributed by atoms with E-state index >= 15 is 0 Å². The molecule has 21 heavy (non-hydrogen) atoms. The first-order chi connectivity index (χ1) is 10.2. The normalized spacial score (nSPS) is 12.1. The number of hydrogen-bond acceptors (Lipinski definition) is 2. The van der Waals surface area contributed by atoms with Gasteiger partial charge < -0.3 is 4.74 Å². The summed E-state index contributed by atoms with van der Waals surface area (Å²) >= 11 is 0. The van der Waals surface area contributed by atoms with Gasteiger partial charge in [0.15, 0.2) is 0 Å². The van der Waals surface area contributed by atoms with Crippen LogP contribution in [0.5, 0.6) is 0 Å². The number of halogens is 1. The highest BCUT2D eigenvalue weighted by Gasteiger charge is 2.17. The van der Waals surface area contributed by atoms with Gasteiger partial charge in [0.05, 0.1) is 5.92 Å². The van der Waals surface area contributed by atoms with E-state index in [-0.39, 0.29) is 18.5 Å². The highest BCUT2D eigenvalue weighted by atomic mass is 19.1. The molecule has 0 saturated heterocycles. The first-order valence-corrected chi connectivity index (χ1v) is 8.01. The van der Waals surface area contributed by atoms with Crippen LogP contribution in [-0.2, 0) is 22.8 Å². The molecule has 1 aromatic rings.